The van der Waals surface area contributed by atoms with Crippen molar-refractivity contribution < 1.29 is 28.2 Å². The van der Waals surface area contributed by atoms with Crippen LogP contribution in [0.2, 0.25) is 0 Å². The molecular weight excluding hydrogens is 319 g/mol. The van der Waals surface area contributed by atoms with Gasteiger partial charge in [-0.1, -0.05) is 0 Å². The van der Waals surface area contributed by atoms with Gasteiger partial charge in [-0.3, -0.25) is 10.1 Å². The molecule has 0 saturated heterocycles. The fourth-order valence-electron chi connectivity index (χ4n) is 1.60. The van der Waals surface area contributed by atoms with Crippen LogP contribution in [0.1, 0.15) is 27.7 Å². The summed E-state index contributed by atoms with van der Waals surface area (Å²) in [5.74, 6) is -1.68. The minimum atomic E-state index is -1.17. The van der Waals surface area contributed by atoms with Gasteiger partial charge in [-0.05, 0) is 52.0 Å². The van der Waals surface area contributed by atoms with Crippen molar-refractivity contribution >= 4 is 17.9 Å². The zero-order valence-corrected chi connectivity index (χ0v) is 14.0. The van der Waals surface area contributed by atoms with Crippen LogP contribution >= 0.6 is 0 Å². The molecule has 0 aliphatic heterocycles. The molecule has 1 rings (SSSR count). The maximum absolute atomic E-state index is 12.8. The molecule has 1 aromatic rings. The van der Waals surface area contributed by atoms with Gasteiger partial charge in [-0.25, -0.2) is 14.0 Å². The van der Waals surface area contributed by atoms with E-state index in [1.165, 1.54) is 38.1 Å². The van der Waals surface area contributed by atoms with Crippen molar-refractivity contribution in [1.29, 1.82) is 0 Å². The highest BCUT2D eigenvalue weighted by Crippen LogP contribution is 2.13. The van der Waals surface area contributed by atoms with Crippen LogP contribution in [-0.4, -0.2) is 36.2 Å². The largest absolute Gasteiger partial charge is 0.479 e. The number of halogens is 1. The molecule has 0 aliphatic rings. The van der Waals surface area contributed by atoms with E-state index < -0.39 is 35.9 Å². The number of hydrogen-bond donors (Lipinski definition) is 2. The van der Waals surface area contributed by atoms with E-state index in [1.807, 2.05) is 0 Å². The number of benzene rings is 1. The Kier molecular flexibility index (Phi) is 7.16. The van der Waals surface area contributed by atoms with Gasteiger partial charge in [-0.15, -0.1) is 0 Å². The van der Waals surface area contributed by atoms with E-state index in [4.69, 9.17) is 9.47 Å². The Morgan fingerprint density at radius 1 is 1.00 bits per heavy atom. The molecule has 8 heteroatoms. The lowest BCUT2D eigenvalue weighted by atomic mass is 10.3. The maximum Gasteiger partial charge on any atom is 0.347 e. The lowest BCUT2D eigenvalue weighted by molar-refractivity contribution is -0.160. The predicted molar refractivity (Wildman–Crippen MR) is 83.9 cm³/mol. The Morgan fingerprint density at radius 3 is 2.12 bits per heavy atom. The molecule has 0 aromatic heterocycles. The van der Waals surface area contributed by atoms with Crippen LogP contribution < -0.4 is 15.4 Å². The van der Waals surface area contributed by atoms with E-state index in [-0.39, 0.29) is 11.8 Å². The van der Waals surface area contributed by atoms with E-state index in [1.54, 1.807) is 13.8 Å². The van der Waals surface area contributed by atoms with Crippen molar-refractivity contribution in [2.45, 2.75) is 45.9 Å². The van der Waals surface area contributed by atoms with E-state index in [0.29, 0.717) is 0 Å². The summed E-state index contributed by atoms with van der Waals surface area (Å²) >= 11 is 0. The van der Waals surface area contributed by atoms with Gasteiger partial charge in [-0.2, -0.15) is 0 Å². The normalized spacial score (nSPS) is 12.9. The van der Waals surface area contributed by atoms with Crippen molar-refractivity contribution in [3.63, 3.8) is 0 Å². The molecule has 1 aromatic carbocycles. The van der Waals surface area contributed by atoms with Gasteiger partial charge in [0, 0.05) is 6.04 Å². The average Bonchev–Trinajstić information content (AvgIpc) is 2.48. The zero-order chi connectivity index (χ0) is 18.3. The molecule has 2 atom stereocenters. The van der Waals surface area contributed by atoms with Crippen molar-refractivity contribution in [2.24, 2.45) is 0 Å². The monoisotopic (exact) mass is 340 g/mol. The molecule has 0 bridgehead atoms. The van der Waals surface area contributed by atoms with Crippen LogP contribution in [0, 0.1) is 5.82 Å². The summed E-state index contributed by atoms with van der Waals surface area (Å²) in [5.41, 5.74) is 0. The SMILES string of the molecule is CC(C)NC(=O)NC(=O)[C@H](C)OC(=O)[C@@H](C)Oc1ccc(F)cc1. The fourth-order valence-corrected chi connectivity index (χ4v) is 1.60. The van der Waals surface area contributed by atoms with Gasteiger partial charge >= 0.3 is 12.0 Å². The minimum absolute atomic E-state index is 0.139. The number of nitrogens with one attached hydrogen (secondary N) is 2. The number of urea groups is 1. The molecule has 0 radical (unpaired) electrons. The van der Waals surface area contributed by atoms with Gasteiger partial charge in [0.15, 0.2) is 12.2 Å². The van der Waals surface area contributed by atoms with Crippen molar-refractivity contribution in [3.05, 3.63) is 30.1 Å². The Hall–Kier alpha value is -2.64. The molecule has 132 valence electrons. The van der Waals surface area contributed by atoms with Crippen molar-refractivity contribution in [3.8, 4) is 5.75 Å². The number of hydrogen-bond acceptors (Lipinski definition) is 5. The first-order valence-corrected chi connectivity index (χ1v) is 7.43. The first kappa shape index (κ1) is 19.4. The van der Waals surface area contributed by atoms with Gasteiger partial charge < -0.3 is 14.8 Å². The summed E-state index contributed by atoms with van der Waals surface area (Å²) in [6.07, 6.45) is -2.18. The predicted octanol–water partition coefficient (Wildman–Crippen LogP) is 1.76. The molecule has 0 saturated carbocycles. The van der Waals surface area contributed by atoms with Gasteiger partial charge in [0.25, 0.3) is 5.91 Å². The lowest BCUT2D eigenvalue weighted by Crippen LogP contribution is -2.47. The molecule has 0 unspecified atom stereocenters. The number of carbonyl (C=O) groups is 3. The number of rotatable bonds is 6. The zero-order valence-electron chi connectivity index (χ0n) is 14.0. The third kappa shape index (κ3) is 6.64. The molecule has 7 nitrogen and oxygen atoms in total. The topological polar surface area (TPSA) is 93.7 Å². The Morgan fingerprint density at radius 2 is 1.58 bits per heavy atom. The number of imide groups is 1. The van der Waals surface area contributed by atoms with E-state index in [9.17, 15) is 18.8 Å². The summed E-state index contributed by atoms with van der Waals surface area (Å²) in [6.45, 7) is 6.24. The van der Waals surface area contributed by atoms with E-state index in [0.717, 1.165) is 0 Å². The number of amides is 3. The Labute approximate surface area is 139 Å². The van der Waals surface area contributed by atoms with Crippen LogP contribution in [0.4, 0.5) is 9.18 Å². The maximum atomic E-state index is 12.8. The smallest absolute Gasteiger partial charge is 0.347 e. The fraction of sp³-hybridized carbons (Fsp3) is 0.438. The highest BCUT2D eigenvalue weighted by Gasteiger charge is 2.24. The summed E-state index contributed by atoms with van der Waals surface area (Å²) in [7, 11) is 0. The lowest BCUT2D eigenvalue weighted by Gasteiger charge is -2.18. The second kappa shape index (κ2) is 8.85. The summed E-state index contributed by atoms with van der Waals surface area (Å²) in [5, 5.41) is 4.54. The van der Waals surface area contributed by atoms with Crippen LogP contribution in [0.25, 0.3) is 0 Å². The second-order valence-electron chi connectivity index (χ2n) is 5.41. The highest BCUT2D eigenvalue weighted by molar-refractivity contribution is 5.97. The molecule has 0 fully saturated rings. The van der Waals surface area contributed by atoms with Crippen LogP contribution in [0.5, 0.6) is 5.75 Å². The highest BCUT2D eigenvalue weighted by atomic mass is 19.1. The third-order valence-electron chi connectivity index (χ3n) is 2.78. The van der Waals surface area contributed by atoms with Crippen molar-refractivity contribution in [1.82, 2.24) is 10.6 Å². The van der Waals surface area contributed by atoms with Gasteiger partial charge in [0.05, 0.1) is 0 Å². The second-order valence-corrected chi connectivity index (χ2v) is 5.41. The number of esters is 1. The number of ether oxygens (including phenoxy) is 2. The summed E-state index contributed by atoms with van der Waals surface area (Å²) in [4.78, 5) is 35.1. The molecule has 3 amide bonds. The van der Waals surface area contributed by atoms with Crippen LogP contribution in [-0.2, 0) is 14.3 Å². The Bertz CT molecular complexity index is 589. The molecule has 0 aliphatic carbocycles. The third-order valence-corrected chi connectivity index (χ3v) is 2.78. The Balaban J connectivity index is 2.48. The molecule has 0 heterocycles. The van der Waals surface area contributed by atoms with Crippen molar-refractivity contribution in [2.75, 3.05) is 0 Å². The minimum Gasteiger partial charge on any atom is -0.479 e. The quantitative estimate of drug-likeness (QED) is 0.770. The first-order valence-electron chi connectivity index (χ1n) is 7.43. The first-order chi connectivity index (χ1) is 11.2. The van der Waals surface area contributed by atoms with Crippen LogP contribution in [0.15, 0.2) is 24.3 Å². The summed E-state index contributed by atoms with van der Waals surface area (Å²) in [6, 6.07) is 4.30. The molecule has 0 spiro atoms. The molecular formula is C16H21FN2O5. The molecule has 24 heavy (non-hydrogen) atoms. The summed E-state index contributed by atoms with van der Waals surface area (Å²) < 4.78 is 23.0. The molecule has 2 N–H and O–H groups in total. The van der Waals surface area contributed by atoms with Crippen LogP contribution in [0.3, 0.4) is 0 Å². The van der Waals surface area contributed by atoms with Gasteiger partial charge in [0.1, 0.15) is 11.6 Å². The van der Waals surface area contributed by atoms with E-state index >= 15 is 0 Å². The van der Waals surface area contributed by atoms with Gasteiger partial charge in [0.2, 0.25) is 0 Å². The standard InChI is InChI=1S/C16H21FN2O5/c1-9(2)18-16(22)19-14(20)10(3)24-15(21)11(4)23-13-7-5-12(17)6-8-13/h5-11H,1-4H3,(H2,18,19,20,22)/t10-,11+/m0/s1. The van der Waals surface area contributed by atoms with E-state index in [2.05, 4.69) is 10.6 Å². The average molecular weight is 340 g/mol. The number of carbonyl (C=O) groups excluding carboxylic acids is 3.